The third kappa shape index (κ3) is 3.54. The van der Waals surface area contributed by atoms with Gasteiger partial charge in [-0.25, -0.2) is 4.39 Å². The lowest BCUT2D eigenvalue weighted by Gasteiger charge is -2.39. The third-order valence-electron chi connectivity index (χ3n) is 3.18. The number of rotatable bonds is 4. The van der Waals surface area contributed by atoms with Crippen molar-refractivity contribution >= 4 is 31.9 Å². The molecule has 0 saturated carbocycles. The maximum Gasteiger partial charge on any atom is 0.416 e. The van der Waals surface area contributed by atoms with Crippen molar-refractivity contribution < 1.29 is 22.7 Å². The predicted molar refractivity (Wildman–Crippen MR) is 76.7 cm³/mol. The van der Waals surface area contributed by atoms with Crippen molar-refractivity contribution in [3.63, 3.8) is 0 Å². The van der Waals surface area contributed by atoms with E-state index in [-0.39, 0.29) is 12.0 Å². The molecule has 0 spiro atoms. The van der Waals surface area contributed by atoms with Crippen molar-refractivity contribution in [2.75, 3.05) is 5.33 Å². The minimum Gasteiger partial charge on any atom is -0.384 e. The van der Waals surface area contributed by atoms with Gasteiger partial charge in [-0.15, -0.1) is 0 Å². The van der Waals surface area contributed by atoms with Crippen LogP contribution >= 0.6 is 31.9 Å². The Morgan fingerprint density at radius 3 is 2.10 bits per heavy atom. The molecule has 1 nitrogen and oxygen atoms in total. The summed E-state index contributed by atoms with van der Waals surface area (Å²) in [7, 11) is 0. The summed E-state index contributed by atoms with van der Waals surface area (Å²) in [5, 5.41) is 11.1. The summed E-state index contributed by atoms with van der Waals surface area (Å²) in [6, 6.07) is 2.17. The van der Waals surface area contributed by atoms with Gasteiger partial charge in [-0.2, -0.15) is 13.2 Å². The predicted octanol–water partition coefficient (Wildman–Crippen LogP) is 4.99. The fourth-order valence-corrected chi connectivity index (χ4v) is 2.90. The molecule has 7 heteroatoms. The Morgan fingerprint density at radius 2 is 1.75 bits per heavy atom. The van der Waals surface area contributed by atoms with Gasteiger partial charge in [0, 0.05) is 10.9 Å². The highest BCUT2D eigenvalue weighted by molar-refractivity contribution is 9.10. The molecule has 114 valence electrons. The minimum atomic E-state index is -4.61. The van der Waals surface area contributed by atoms with Gasteiger partial charge in [0.1, 0.15) is 11.4 Å². The Labute approximate surface area is 131 Å². The molecule has 0 fully saturated rings. The fourth-order valence-electron chi connectivity index (χ4n) is 1.92. The van der Waals surface area contributed by atoms with Crippen LogP contribution in [0.15, 0.2) is 18.2 Å². The van der Waals surface area contributed by atoms with Gasteiger partial charge in [0.2, 0.25) is 0 Å². The molecule has 0 aliphatic rings. The van der Waals surface area contributed by atoms with Crippen LogP contribution in [0.25, 0.3) is 0 Å². The highest BCUT2D eigenvalue weighted by atomic mass is 79.9. The SMILES string of the molecule is CC(C)(Br)C(O)(CCBr)c1ccc(C(F)(F)F)cc1F. The normalized spacial score (nSPS) is 16.1. The van der Waals surface area contributed by atoms with Gasteiger partial charge >= 0.3 is 6.18 Å². The first-order chi connectivity index (χ1) is 8.93. The molecular formula is C13H14Br2F4O. The van der Waals surface area contributed by atoms with Crippen LogP contribution < -0.4 is 0 Å². The molecule has 0 radical (unpaired) electrons. The van der Waals surface area contributed by atoms with Crippen molar-refractivity contribution in [2.45, 2.75) is 36.4 Å². The molecule has 0 amide bonds. The van der Waals surface area contributed by atoms with E-state index in [2.05, 4.69) is 31.9 Å². The summed E-state index contributed by atoms with van der Waals surface area (Å²) >= 11 is 6.43. The Balaban J connectivity index is 3.38. The fraction of sp³-hybridized carbons (Fsp3) is 0.538. The summed E-state index contributed by atoms with van der Waals surface area (Å²) in [5.74, 6) is -1.07. The molecule has 20 heavy (non-hydrogen) atoms. The number of benzene rings is 1. The van der Waals surface area contributed by atoms with Crippen molar-refractivity contribution in [1.82, 2.24) is 0 Å². The number of alkyl halides is 5. The van der Waals surface area contributed by atoms with Crippen LogP contribution in [-0.4, -0.2) is 14.8 Å². The Bertz CT molecular complexity index is 482. The molecule has 1 rings (SSSR count). The van der Waals surface area contributed by atoms with Crippen LogP contribution in [0.2, 0.25) is 0 Å². The van der Waals surface area contributed by atoms with Gasteiger partial charge in [0.15, 0.2) is 0 Å². The average molecular weight is 422 g/mol. The molecule has 1 N–H and O–H groups in total. The first-order valence-electron chi connectivity index (χ1n) is 5.78. The van der Waals surface area contributed by atoms with Gasteiger partial charge in [-0.05, 0) is 32.4 Å². The molecule has 1 aromatic rings. The van der Waals surface area contributed by atoms with Gasteiger partial charge < -0.3 is 5.11 Å². The summed E-state index contributed by atoms with van der Waals surface area (Å²) < 4.78 is 50.7. The summed E-state index contributed by atoms with van der Waals surface area (Å²) in [5.41, 5.74) is -2.87. The lowest BCUT2D eigenvalue weighted by Crippen LogP contribution is -2.44. The molecule has 1 aromatic carbocycles. The number of aliphatic hydroxyl groups is 1. The van der Waals surface area contributed by atoms with E-state index in [4.69, 9.17) is 0 Å². The Hall–Kier alpha value is -0.140. The molecule has 0 heterocycles. The minimum absolute atomic E-state index is 0.146. The van der Waals surface area contributed by atoms with Crippen molar-refractivity contribution in [3.05, 3.63) is 35.1 Å². The highest BCUT2D eigenvalue weighted by Crippen LogP contribution is 2.44. The van der Waals surface area contributed by atoms with E-state index in [1.807, 2.05) is 0 Å². The third-order valence-corrected chi connectivity index (χ3v) is 4.23. The van der Waals surface area contributed by atoms with E-state index in [1.165, 1.54) is 0 Å². The molecule has 0 aliphatic heterocycles. The second kappa shape index (κ2) is 5.93. The topological polar surface area (TPSA) is 20.2 Å². The van der Waals surface area contributed by atoms with E-state index in [1.54, 1.807) is 13.8 Å². The molecule has 0 saturated heterocycles. The first kappa shape index (κ1) is 17.9. The standard InChI is InChI=1S/C13H14Br2F4O/c1-11(2,15)12(20,5-6-14)9-4-3-8(7-10(9)16)13(17,18)19/h3-4,7,20H,5-6H2,1-2H3. The van der Waals surface area contributed by atoms with E-state index in [9.17, 15) is 22.7 Å². The molecular weight excluding hydrogens is 408 g/mol. The zero-order chi connectivity index (χ0) is 15.8. The first-order valence-corrected chi connectivity index (χ1v) is 7.69. The summed E-state index contributed by atoms with van der Waals surface area (Å²) in [6.07, 6.45) is -4.47. The van der Waals surface area contributed by atoms with E-state index >= 15 is 0 Å². The van der Waals surface area contributed by atoms with E-state index < -0.39 is 27.5 Å². The maximum atomic E-state index is 14.0. The van der Waals surface area contributed by atoms with Gasteiger partial charge in [0.05, 0.1) is 9.89 Å². The van der Waals surface area contributed by atoms with Crippen LogP contribution in [0, 0.1) is 5.82 Å². The van der Waals surface area contributed by atoms with Crippen LogP contribution in [0.3, 0.4) is 0 Å². The van der Waals surface area contributed by atoms with Crippen molar-refractivity contribution in [3.8, 4) is 0 Å². The second-order valence-electron chi connectivity index (χ2n) is 4.96. The zero-order valence-corrected chi connectivity index (χ0v) is 14.0. The molecule has 0 aromatic heterocycles. The largest absolute Gasteiger partial charge is 0.416 e. The quantitative estimate of drug-likeness (QED) is 0.536. The Kier molecular flexibility index (Phi) is 5.31. The van der Waals surface area contributed by atoms with Crippen LogP contribution in [0.1, 0.15) is 31.4 Å². The Morgan fingerprint density at radius 1 is 1.20 bits per heavy atom. The van der Waals surface area contributed by atoms with E-state index in [0.29, 0.717) is 11.4 Å². The average Bonchev–Trinajstić information content (AvgIpc) is 2.26. The van der Waals surface area contributed by atoms with Gasteiger partial charge in [0.25, 0.3) is 0 Å². The number of halogens is 6. The monoisotopic (exact) mass is 420 g/mol. The summed E-state index contributed by atoms with van der Waals surface area (Å²) in [6.45, 7) is 3.26. The lowest BCUT2D eigenvalue weighted by molar-refractivity contribution is -0.137. The van der Waals surface area contributed by atoms with Crippen molar-refractivity contribution in [1.29, 1.82) is 0 Å². The molecule has 0 aliphatic carbocycles. The maximum absolute atomic E-state index is 14.0. The van der Waals surface area contributed by atoms with E-state index in [0.717, 1.165) is 12.1 Å². The van der Waals surface area contributed by atoms with Crippen LogP contribution in [0.5, 0.6) is 0 Å². The van der Waals surface area contributed by atoms with Crippen LogP contribution in [-0.2, 0) is 11.8 Å². The van der Waals surface area contributed by atoms with Crippen LogP contribution in [0.4, 0.5) is 17.6 Å². The molecule has 1 unspecified atom stereocenters. The number of hydrogen-bond donors (Lipinski definition) is 1. The van der Waals surface area contributed by atoms with Crippen molar-refractivity contribution in [2.24, 2.45) is 0 Å². The van der Waals surface area contributed by atoms with Gasteiger partial charge in [-0.3, -0.25) is 0 Å². The molecule has 0 bridgehead atoms. The number of hydrogen-bond acceptors (Lipinski definition) is 1. The molecule has 1 atom stereocenters. The van der Waals surface area contributed by atoms with Gasteiger partial charge in [-0.1, -0.05) is 37.9 Å². The summed E-state index contributed by atoms with van der Waals surface area (Å²) in [4.78, 5) is 0. The highest BCUT2D eigenvalue weighted by Gasteiger charge is 2.45. The zero-order valence-electron chi connectivity index (χ0n) is 10.9. The smallest absolute Gasteiger partial charge is 0.384 e. The second-order valence-corrected chi connectivity index (χ2v) is 7.74. The lowest BCUT2D eigenvalue weighted by atomic mass is 9.80.